The summed E-state index contributed by atoms with van der Waals surface area (Å²) < 4.78 is 27.9. The van der Waals surface area contributed by atoms with Crippen molar-refractivity contribution in [3.05, 3.63) is 40.4 Å². The van der Waals surface area contributed by atoms with Crippen LogP contribution in [-0.4, -0.2) is 28.7 Å². The van der Waals surface area contributed by atoms with E-state index in [2.05, 4.69) is 4.99 Å². The zero-order chi connectivity index (χ0) is 17.3. The number of allylic oxidation sites excluding steroid dienone is 3. The molecule has 1 aromatic rings. The van der Waals surface area contributed by atoms with E-state index in [0.717, 1.165) is 15.8 Å². The lowest BCUT2D eigenvalue weighted by atomic mass is 9.97. The number of halogens is 2. The molecule has 0 radical (unpaired) electrons. The second-order valence-electron chi connectivity index (χ2n) is 5.77. The Morgan fingerprint density at radius 3 is 2.39 bits per heavy atom. The molecule has 1 aliphatic heterocycles. The first kappa shape index (κ1) is 17.2. The van der Waals surface area contributed by atoms with E-state index in [0.29, 0.717) is 28.2 Å². The smallest absolute Gasteiger partial charge is 0.481 e. The Morgan fingerprint density at radius 1 is 1.26 bits per heavy atom. The Morgan fingerprint density at radius 2 is 1.91 bits per heavy atom. The molecule has 23 heavy (non-hydrogen) atoms. The molecule has 2 rings (SSSR count). The van der Waals surface area contributed by atoms with Crippen molar-refractivity contribution in [2.24, 2.45) is 4.99 Å². The average molecular weight is 320 g/mol. The highest BCUT2D eigenvalue weighted by Crippen LogP contribution is 2.35. The molecule has 0 atom stereocenters. The van der Waals surface area contributed by atoms with Crippen molar-refractivity contribution < 1.29 is 18.5 Å². The molecule has 0 bridgehead atoms. The van der Waals surface area contributed by atoms with Crippen molar-refractivity contribution in [3.63, 3.8) is 0 Å². The van der Waals surface area contributed by atoms with Crippen molar-refractivity contribution in [1.82, 2.24) is 4.48 Å². The lowest BCUT2D eigenvalue weighted by Gasteiger charge is -2.15. The van der Waals surface area contributed by atoms with Crippen molar-refractivity contribution in [2.75, 3.05) is 0 Å². The van der Waals surface area contributed by atoms with Crippen LogP contribution in [0.5, 0.6) is 0 Å². The Bertz CT molecular complexity index is 746. The molecule has 0 aromatic carbocycles. The largest absolute Gasteiger partial charge is 0.677 e. The molecule has 0 spiro atoms. The minimum absolute atomic E-state index is 0.131. The van der Waals surface area contributed by atoms with Crippen molar-refractivity contribution in [1.29, 1.82) is 0 Å². The number of aryl methyl sites for hydroxylation is 2. The number of aromatic nitrogens is 1. The lowest BCUT2D eigenvalue weighted by molar-refractivity contribution is -0.136. The van der Waals surface area contributed by atoms with Crippen LogP contribution < -0.4 is 0 Å². The Kier molecular flexibility index (Phi) is 4.87. The molecule has 0 unspecified atom stereocenters. The fourth-order valence-electron chi connectivity index (χ4n) is 3.02. The summed E-state index contributed by atoms with van der Waals surface area (Å²) in [6, 6.07) is 1.69. The van der Waals surface area contributed by atoms with Crippen LogP contribution in [-0.2, 0) is 4.79 Å². The van der Waals surface area contributed by atoms with Gasteiger partial charge in [-0.05, 0) is 57.4 Å². The highest BCUT2D eigenvalue weighted by Gasteiger charge is 2.28. The Labute approximate surface area is 134 Å². The molecule has 7 heteroatoms. The monoisotopic (exact) mass is 320 g/mol. The standard InChI is InChI=1S/C16H19BF2N2O2/c1-9-7-11(3)20-15(9)13(5-6-14(22)23)16-10(2)8-12(4)21(16)17(18)19/h7-8H,5-6H2,1-4H3,(H,22,23)/b15-13-. The second-order valence-corrected chi connectivity index (χ2v) is 5.77. The maximum absolute atomic E-state index is 13.5. The summed E-state index contributed by atoms with van der Waals surface area (Å²) in [6.45, 7) is 7.06. The van der Waals surface area contributed by atoms with Crippen LogP contribution in [0.1, 0.15) is 43.6 Å². The zero-order valence-corrected chi connectivity index (χ0v) is 13.7. The number of rotatable bonds is 5. The van der Waals surface area contributed by atoms with Gasteiger partial charge in [0.25, 0.3) is 0 Å². The van der Waals surface area contributed by atoms with Gasteiger partial charge in [0.05, 0.1) is 5.70 Å². The highest BCUT2D eigenvalue weighted by atomic mass is 19.2. The number of carbonyl (C=O) groups is 1. The SMILES string of the molecule is CC1=CC(C)=N/C1=C(/CCC(=O)O)c1c(C)cc(C)n1B(F)F. The molecule has 1 N–H and O–H groups in total. The van der Waals surface area contributed by atoms with E-state index in [-0.39, 0.29) is 12.8 Å². The van der Waals surface area contributed by atoms with E-state index in [9.17, 15) is 13.4 Å². The second kappa shape index (κ2) is 6.52. The Hall–Kier alpha value is -2.18. The molecule has 0 aliphatic carbocycles. The first-order chi connectivity index (χ1) is 10.7. The minimum Gasteiger partial charge on any atom is -0.481 e. The van der Waals surface area contributed by atoms with Crippen LogP contribution >= 0.6 is 0 Å². The van der Waals surface area contributed by atoms with E-state index in [1.807, 2.05) is 19.9 Å². The predicted octanol–water partition coefficient (Wildman–Crippen LogP) is 3.87. The van der Waals surface area contributed by atoms with Crippen LogP contribution in [0.25, 0.3) is 5.57 Å². The molecular weight excluding hydrogens is 301 g/mol. The number of aliphatic imine (C=N–C) groups is 1. The van der Waals surface area contributed by atoms with Crippen LogP contribution in [0.15, 0.2) is 28.4 Å². The third-order valence-electron chi connectivity index (χ3n) is 3.86. The first-order valence-electron chi connectivity index (χ1n) is 7.38. The zero-order valence-electron chi connectivity index (χ0n) is 13.7. The maximum atomic E-state index is 13.5. The lowest BCUT2D eigenvalue weighted by Crippen LogP contribution is -2.18. The summed E-state index contributed by atoms with van der Waals surface area (Å²) in [5, 5.41) is 8.99. The molecule has 0 saturated carbocycles. The predicted molar refractivity (Wildman–Crippen MR) is 87.9 cm³/mol. The van der Waals surface area contributed by atoms with Gasteiger partial charge < -0.3 is 9.58 Å². The van der Waals surface area contributed by atoms with Crippen molar-refractivity contribution in [2.45, 2.75) is 40.5 Å². The molecular formula is C16H19BF2N2O2. The molecule has 0 amide bonds. The van der Waals surface area contributed by atoms with Crippen molar-refractivity contribution >= 4 is 24.7 Å². The van der Waals surface area contributed by atoms with Crippen LogP contribution in [0.2, 0.25) is 0 Å². The number of carboxylic acid groups (broad SMARTS) is 1. The number of nitrogens with zero attached hydrogens (tertiary/aromatic N) is 2. The molecule has 0 saturated heterocycles. The summed E-state index contributed by atoms with van der Waals surface area (Å²) in [6.07, 6.45) is 1.89. The summed E-state index contributed by atoms with van der Waals surface area (Å²) in [5.41, 5.74) is 4.33. The van der Waals surface area contributed by atoms with Gasteiger partial charge in [-0.3, -0.25) is 18.4 Å². The van der Waals surface area contributed by atoms with E-state index < -0.39 is 13.4 Å². The van der Waals surface area contributed by atoms with E-state index in [1.165, 1.54) is 0 Å². The van der Waals surface area contributed by atoms with Gasteiger partial charge >= 0.3 is 13.4 Å². The molecule has 1 aliphatic rings. The van der Waals surface area contributed by atoms with E-state index in [1.54, 1.807) is 19.9 Å². The maximum Gasteiger partial charge on any atom is 0.677 e. The van der Waals surface area contributed by atoms with Crippen molar-refractivity contribution in [3.8, 4) is 0 Å². The van der Waals surface area contributed by atoms with Gasteiger partial charge in [-0.25, -0.2) is 0 Å². The molecule has 122 valence electrons. The first-order valence-corrected chi connectivity index (χ1v) is 7.38. The van der Waals surface area contributed by atoms with Gasteiger partial charge in [0.15, 0.2) is 0 Å². The van der Waals surface area contributed by atoms with Crippen LogP contribution in [0, 0.1) is 13.8 Å². The fourth-order valence-corrected chi connectivity index (χ4v) is 3.02. The summed E-state index contributed by atoms with van der Waals surface area (Å²) in [5.74, 6) is -0.965. The average Bonchev–Trinajstić information content (AvgIpc) is 2.89. The fraction of sp³-hybridized carbons (Fsp3) is 0.375. The number of carboxylic acids is 1. The van der Waals surface area contributed by atoms with Gasteiger partial charge in [0.2, 0.25) is 0 Å². The molecule has 0 fully saturated rings. The quantitative estimate of drug-likeness (QED) is 0.837. The molecule has 2 heterocycles. The Balaban J connectivity index is 2.68. The topological polar surface area (TPSA) is 54.6 Å². The van der Waals surface area contributed by atoms with Gasteiger partial charge in [-0.15, -0.1) is 0 Å². The molecule has 4 nitrogen and oxygen atoms in total. The third-order valence-corrected chi connectivity index (χ3v) is 3.86. The molecule has 1 aromatic heterocycles. The van der Waals surface area contributed by atoms with E-state index >= 15 is 0 Å². The van der Waals surface area contributed by atoms with E-state index in [4.69, 9.17) is 5.11 Å². The van der Waals surface area contributed by atoms with Gasteiger partial charge in [-0.1, -0.05) is 0 Å². The number of hydrogen-bond donors (Lipinski definition) is 1. The normalized spacial score (nSPS) is 16.3. The number of aliphatic carboxylic acids is 1. The van der Waals surface area contributed by atoms with Gasteiger partial charge in [-0.2, -0.15) is 0 Å². The highest BCUT2D eigenvalue weighted by molar-refractivity contribution is 6.41. The summed E-state index contributed by atoms with van der Waals surface area (Å²) in [4.78, 5) is 15.4. The minimum atomic E-state index is -2.69. The number of hydrogen-bond acceptors (Lipinski definition) is 2. The van der Waals surface area contributed by atoms with Gasteiger partial charge in [0, 0.05) is 29.1 Å². The summed E-state index contributed by atoms with van der Waals surface area (Å²) >= 11 is 0. The van der Waals surface area contributed by atoms with Crippen LogP contribution in [0.4, 0.5) is 8.63 Å². The van der Waals surface area contributed by atoms with Gasteiger partial charge in [0.1, 0.15) is 0 Å². The third kappa shape index (κ3) is 3.43. The van der Waals surface area contributed by atoms with Crippen LogP contribution in [0.3, 0.4) is 0 Å². The summed E-state index contributed by atoms with van der Waals surface area (Å²) in [7, 11) is -2.69.